The highest BCUT2D eigenvalue weighted by atomic mass is 32.1. The second-order valence-electron chi connectivity index (χ2n) is 7.78. The molecule has 2 fully saturated rings. The van der Waals surface area contributed by atoms with Crippen molar-refractivity contribution in [2.45, 2.75) is 44.2 Å². The molecular formula is C20H26N4O3S. The molecule has 8 heteroatoms. The molecular weight excluding hydrogens is 376 g/mol. The highest BCUT2D eigenvalue weighted by Crippen LogP contribution is 2.38. The molecule has 0 radical (unpaired) electrons. The number of carbonyl (C=O) groups is 1. The molecule has 3 heterocycles. The van der Waals surface area contributed by atoms with Gasteiger partial charge in [0.1, 0.15) is 11.4 Å². The van der Waals surface area contributed by atoms with E-state index < -0.39 is 6.09 Å². The predicted molar refractivity (Wildman–Crippen MR) is 110 cm³/mol. The molecule has 0 aliphatic carbocycles. The second-order valence-corrected chi connectivity index (χ2v) is 8.67. The number of rotatable bonds is 4. The first kappa shape index (κ1) is 18.9. The summed E-state index contributed by atoms with van der Waals surface area (Å²) < 4.78 is 6.24. The fourth-order valence-corrected chi connectivity index (χ4v) is 4.71. The van der Waals surface area contributed by atoms with E-state index in [1.807, 2.05) is 12.1 Å². The summed E-state index contributed by atoms with van der Waals surface area (Å²) in [7, 11) is 0. The quantitative estimate of drug-likeness (QED) is 0.804. The van der Waals surface area contributed by atoms with Gasteiger partial charge in [0.25, 0.3) is 0 Å². The Balaban J connectivity index is 1.42. The molecule has 4 rings (SSSR count). The zero-order chi connectivity index (χ0) is 19.7. The van der Waals surface area contributed by atoms with Gasteiger partial charge in [-0.1, -0.05) is 0 Å². The van der Waals surface area contributed by atoms with Crippen molar-refractivity contribution in [3.63, 3.8) is 0 Å². The summed E-state index contributed by atoms with van der Waals surface area (Å²) in [5.74, 6) is 0.823. The van der Waals surface area contributed by atoms with Gasteiger partial charge < -0.3 is 25.4 Å². The van der Waals surface area contributed by atoms with Crippen LogP contribution in [0.25, 0.3) is 0 Å². The molecule has 1 amide bonds. The van der Waals surface area contributed by atoms with Crippen LogP contribution in [0.1, 0.15) is 44.3 Å². The average Bonchev–Trinajstić information content (AvgIpc) is 3.31. The zero-order valence-electron chi connectivity index (χ0n) is 16.0. The van der Waals surface area contributed by atoms with Gasteiger partial charge in [-0.2, -0.15) is 0 Å². The zero-order valence-corrected chi connectivity index (χ0v) is 16.8. The summed E-state index contributed by atoms with van der Waals surface area (Å²) in [5, 5.41) is 11.8. The Bertz CT molecular complexity index is 830. The van der Waals surface area contributed by atoms with Crippen LogP contribution in [0.15, 0.2) is 29.6 Å². The summed E-state index contributed by atoms with van der Waals surface area (Å²) in [5.41, 5.74) is 7.70. The van der Waals surface area contributed by atoms with Crippen molar-refractivity contribution < 1.29 is 14.6 Å². The van der Waals surface area contributed by atoms with Crippen molar-refractivity contribution in [2.75, 3.05) is 30.3 Å². The minimum atomic E-state index is -0.853. The Morgan fingerprint density at radius 3 is 2.61 bits per heavy atom. The van der Waals surface area contributed by atoms with E-state index in [1.54, 1.807) is 0 Å². The number of nitrogens with two attached hydrogens (primary N) is 1. The van der Waals surface area contributed by atoms with Crippen molar-refractivity contribution in [3.05, 3.63) is 35.3 Å². The topological polar surface area (TPSA) is 91.9 Å². The van der Waals surface area contributed by atoms with Crippen LogP contribution in [0.3, 0.4) is 0 Å². The van der Waals surface area contributed by atoms with Gasteiger partial charge in [0.2, 0.25) is 0 Å². The van der Waals surface area contributed by atoms with E-state index in [-0.39, 0.29) is 11.6 Å². The molecule has 1 atom stereocenters. The number of likely N-dealkylation sites (tertiary alicyclic amines) is 1. The van der Waals surface area contributed by atoms with E-state index in [2.05, 4.69) is 34.3 Å². The van der Waals surface area contributed by atoms with Crippen molar-refractivity contribution in [1.29, 1.82) is 0 Å². The van der Waals surface area contributed by atoms with Crippen LogP contribution in [0.4, 0.5) is 15.6 Å². The van der Waals surface area contributed by atoms with Crippen LogP contribution in [0.5, 0.6) is 5.75 Å². The number of nitrogens with zero attached hydrogens (tertiary/aromatic N) is 3. The van der Waals surface area contributed by atoms with Gasteiger partial charge in [-0.25, -0.2) is 9.78 Å². The molecule has 2 aromatic rings. The molecule has 2 saturated heterocycles. The van der Waals surface area contributed by atoms with Gasteiger partial charge in [0, 0.05) is 43.5 Å². The molecule has 28 heavy (non-hydrogen) atoms. The van der Waals surface area contributed by atoms with Crippen molar-refractivity contribution in [3.8, 4) is 5.75 Å². The molecule has 0 bridgehead atoms. The third kappa shape index (κ3) is 3.87. The Morgan fingerprint density at radius 1 is 1.29 bits per heavy atom. The Hall–Kier alpha value is -2.48. The number of benzene rings is 1. The third-order valence-electron chi connectivity index (χ3n) is 5.76. The monoisotopic (exact) mass is 402 g/mol. The largest absolute Gasteiger partial charge is 0.487 e. The smallest absolute Gasteiger partial charge is 0.407 e. The normalized spacial score (nSPS) is 21.7. The Kier molecular flexibility index (Phi) is 5.05. The number of hydrogen-bond acceptors (Lipinski definition) is 6. The standard InChI is InChI=1S/C20H26N4O3S/c1-20(8-11-23(12-9-20)19(25)26)27-15-6-4-14(5-7-15)24-10-2-3-17(24)16-13-28-18(21)22-16/h4-7,13,17H,2-3,8-12H2,1H3,(H2,21,22)(H,25,26). The van der Waals surface area contributed by atoms with E-state index in [4.69, 9.17) is 15.6 Å². The number of nitrogen functional groups attached to an aromatic ring is 1. The molecule has 1 unspecified atom stereocenters. The van der Waals surface area contributed by atoms with Crippen LogP contribution in [0, 0.1) is 0 Å². The maximum Gasteiger partial charge on any atom is 0.407 e. The molecule has 1 aromatic carbocycles. The third-order valence-corrected chi connectivity index (χ3v) is 6.45. The van der Waals surface area contributed by atoms with Crippen LogP contribution in [-0.2, 0) is 0 Å². The van der Waals surface area contributed by atoms with Crippen LogP contribution in [-0.4, -0.2) is 46.3 Å². The number of thiazole rings is 1. The number of piperidine rings is 1. The van der Waals surface area contributed by atoms with Gasteiger partial charge in [0.15, 0.2) is 5.13 Å². The number of hydrogen-bond donors (Lipinski definition) is 2. The molecule has 0 saturated carbocycles. The number of anilines is 2. The summed E-state index contributed by atoms with van der Waals surface area (Å²) in [6, 6.07) is 8.49. The average molecular weight is 403 g/mol. The van der Waals surface area contributed by atoms with E-state index >= 15 is 0 Å². The summed E-state index contributed by atoms with van der Waals surface area (Å²) in [6.45, 7) is 4.08. The minimum absolute atomic E-state index is 0.276. The molecule has 3 N–H and O–H groups in total. The van der Waals surface area contributed by atoms with Crippen molar-refractivity contribution in [2.24, 2.45) is 0 Å². The van der Waals surface area contributed by atoms with E-state index in [0.717, 1.165) is 36.5 Å². The fourth-order valence-electron chi connectivity index (χ4n) is 4.10. The first-order valence-corrected chi connectivity index (χ1v) is 10.6. The lowest BCUT2D eigenvalue weighted by Gasteiger charge is -2.38. The number of carboxylic acid groups (broad SMARTS) is 1. The van der Waals surface area contributed by atoms with Crippen LogP contribution >= 0.6 is 11.3 Å². The van der Waals surface area contributed by atoms with Gasteiger partial charge in [-0.3, -0.25) is 0 Å². The van der Waals surface area contributed by atoms with E-state index in [1.165, 1.54) is 16.2 Å². The van der Waals surface area contributed by atoms with Gasteiger partial charge in [0.05, 0.1) is 11.7 Å². The maximum absolute atomic E-state index is 11.1. The summed E-state index contributed by atoms with van der Waals surface area (Å²) in [4.78, 5) is 19.4. The lowest BCUT2D eigenvalue weighted by atomic mass is 9.93. The van der Waals surface area contributed by atoms with Gasteiger partial charge >= 0.3 is 6.09 Å². The van der Waals surface area contributed by atoms with Crippen LogP contribution < -0.4 is 15.4 Å². The number of aromatic nitrogens is 1. The fraction of sp³-hybridized carbons (Fsp3) is 0.500. The molecule has 1 aromatic heterocycles. The summed E-state index contributed by atoms with van der Waals surface area (Å²) >= 11 is 1.49. The van der Waals surface area contributed by atoms with Gasteiger partial charge in [-0.15, -0.1) is 11.3 Å². The van der Waals surface area contributed by atoms with Crippen molar-refractivity contribution >= 4 is 28.2 Å². The number of amides is 1. The first-order chi connectivity index (χ1) is 13.4. The molecule has 7 nitrogen and oxygen atoms in total. The lowest BCUT2D eigenvalue weighted by molar-refractivity contribution is 0.0199. The highest BCUT2D eigenvalue weighted by Gasteiger charge is 2.34. The Morgan fingerprint density at radius 2 is 2.00 bits per heavy atom. The molecule has 0 spiro atoms. The first-order valence-electron chi connectivity index (χ1n) is 9.68. The summed E-state index contributed by atoms with van der Waals surface area (Å²) in [6.07, 6.45) is 2.76. The molecule has 2 aliphatic heterocycles. The predicted octanol–water partition coefficient (Wildman–Crippen LogP) is 3.98. The van der Waals surface area contributed by atoms with E-state index in [0.29, 0.717) is 31.1 Å². The SMILES string of the molecule is CC1(Oc2ccc(N3CCCC3c3csc(N)n3)cc2)CCN(C(=O)O)CC1. The number of ether oxygens (including phenoxy) is 1. The molecule has 150 valence electrons. The Labute approximate surface area is 168 Å². The molecule has 2 aliphatic rings. The second kappa shape index (κ2) is 7.50. The highest BCUT2D eigenvalue weighted by molar-refractivity contribution is 7.13. The lowest BCUT2D eigenvalue weighted by Crippen LogP contribution is -2.47. The van der Waals surface area contributed by atoms with Crippen molar-refractivity contribution in [1.82, 2.24) is 9.88 Å². The minimum Gasteiger partial charge on any atom is -0.487 e. The van der Waals surface area contributed by atoms with Crippen LogP contribution in [0.2, 0.25) is 0 Å². The maximum atomic E-state index is 11.1. The van der Waals surface area contributed by atoms with E-state index in [9.17, 15) is 4.79 Å². The van der Waals surface area contributed by atoms with Gasteiger partial charge in [-0.05, 0) is 44.0 Å².